The summed E-state index contributed by atoms with van der Waals surface area (Å²) >= 11 is 9.26. The molecule has 4 nitrogen and oxygen atoms in total. The van der Waals surface area contributed by atoms with E-state index in [0.29, 0.717) is 6.42 Å². The van der Waals surface area contributed by atoms with Crippen LogP contribution in [0.25, 0.3) is 0 Å². The molecule has 0 aromatic heterocycles. The molecule has 0 radical (unpaired) electrons. The van der Waals surface area contributed by atoms with Crippen molar-refractivity contribution in [2.45, 2.75) is 77.1 Å². The number of halogens is 4. The van der Waals surface area contributed by atoms with Gasteiger partial charge in [0.15, 0.2) is 0 Å². The van der Waals surface area contributed by atoms with Crippen molar-refractivity contribution in [2.75, 3.05) is 0 Å². The minimum atomic E-state index is -1.48. The van der Waals surface area contributed by atoms with Crippen molar-refractivity contribution >= 4 is 33.5 Å². The van der Waals surface area contributed by atoms with E-state index in [1.54, 1.807) is 45.0 Å². The van der Waals surface area contributed by atoms with E-state index in [-0.39, 0.29) is 26.0 Å². The molecular formula is C26H32BrClF2N2O2. The fourth-order valence-corrected chi connectivity index (χ4v) is 5.29. The van der Waals surface area contributed by atoms with Gasteiger partial charge in [-0.05, 0) is 72.3 Å². The molecule has 8 heteroatoms. The highest BCUT2D eigenvalue weighted by Gasteiger charge is 2.59. The monoisotopic (exact) mass is 556 g/mol. The number of ether oxygens (including phenoxy) is 1. The van der Waals surface area contributed by atoms with Crippen LogP contribution in [0.3, 0.4) is 0 Å². The number of hydrogen-bond acceptors (Lipinski definition) is 4. The molecule has 3 rings (SSSR count). The van der Waals surface area contributed by atoms with Crippen LogP contribution in [0.5, 0.6) is 0 Å². The van der Waals surface area contributed by atoms with E-state index in [2.05, 4.69) is 21.2 Å². The van der Waals surface area contributed by atoms with E-state index < -0.39 is 46.7 Å². The van der Waals surface area contributed by atoms with E-state index in [0.717, 1.165) is 0 Å². The Morgan fingerprint density at radius 1 is 1.18 bits per heavy atom. The topological polar surface area (TPSA) is 64.3 Å². The van der Waals surface area contributed by atoms with Crippen molar-refractivity contribution in [1.82, 2.24) is 5.32 Å². The molecule has 0 saturated carbocycles. The lowest BCUT2D eigenvalue weighted by Gasteiger charge is -2.40. The minimum Gasteiger partial charge on any atom is -0.459 e. The van der Waals surface area contributed by atoms with Gasteiger partial charge in [-0.25, -0.2) is 8.78 Å². The average molecular weight is 558 g/mol. The molecule has 4 atom stereocenters. The van der Waals surface area contributed by atoms with Crippen LogP contribution in [0.2, 0.25) is 5.02 Å². The molecule has 1 aliphatic heterocycles. The van der Waals surface area contributed by atoms with Crippen LogP contribution in [0.1, 0.15) is 65.0 Å². The lowest BCUT2D eigenvalue weighted by atomic mass is 9.68. The molecule has 0 unspecified atom stereocenters. The molecule has 2 aromatic carbocycles. The van der Waals surface area contributed by atoms with Crippen molar-refractivity contribution in [3.8, 4) is 0 Å². The molecule has 3 N–H and O–H groups in total. The summed E-state index contributed by atoms with van der Waals surface area (Å²) in [7, 11) is 0. The zero-order valence-corrected chi connectivity index (χ0v) is 22.7. The Morgan fingerprint density at radius 2 is 1.82 bits per heavy atom. The second-order valence-corrected chi connectivity index (χ2v) is 12.5. The molecule has 186 valence electrons. The SMILES string of the molecule is CC(C)(C)C[C@@H]1N[C@@H](C(=O)OC(C)(C)C)[C@H](c2cccc(Br)c2F)[C@@]1(N)c1ccc(Cl)cc1F. The van der Waals surface area contributed by atoms with Crippen molar-refractivity contribution < 1.29 is 18.3 Å². The van der Waals surface area contributed by atoms with Crippen LogP contribution >= 0.6 is 27.5 Å². The molecule has 0 amide bonds. The lowest BCUT2D eigenvalue weighted by Crippen LogP contribution is -2.52. The normalized spacial score (nSPS) is 25.4. The first-order chi connectivity index (χ1) is 15.5. The maximum atomic E-state index is 15.5. The van der Waals surface area contributed by atoms with E-state index >= 15 is 8.78 Å². The predicted octanol–water partition coefficient (Wildman–Crippen LogP) is 6.44. The van der Waals surface area contributed by atoms with Gasteiger partial charge in [0.05, 0.1) is 10.0 Å². The first-order valence-electron chi connectivity index (χ1n) is 11.2. The molecule has 1 fully saturated rings. The standard InChI is InChI=1S/C26H32BrClF2N2O2/c1-24(2,3)13-19-26(31,16-11-10-14(28)12-18(16)29)20(15-8-7-9-17(27)21(15)30)22(32-19)23(33)34-25(4,5)6/h7-12,19-20,22,32H,13,31H2,1-6H3/t19-,20-,22+,26+/m0/s1. The van der Waals surface area contributed by atoms with E-state index in [9.17, 15) is 4.79 Å². The number of hydrogen-bond donors (Lipinski definition) is 2. The summed E-state index contributed by atoms with van der Waals surface area (Å²) < 4.78 is 36.9. The number of esters is 1. The highest BCUT2D eigenvalue weighted by Crippen LogP contribution is 2.50. The number of nitrogens with two attached hydrogens (primary N) is 1. The Bertz CT molecular complexity index is 1080. The van der Waals surface area contributed by atoms with E-state index in [1.807, 2.05) is 20.8 Å². The first-order valence-corrected chi connectivity index (χ1v) is 12.4. The van der Waals surface area contributed by atoms with Gasteiger partial charge in [0.2, 0.25) is 0 Å². The van der Waals surface area contributed by atoms with Crippen molar-refractivity contribution in [2.24, 2.45) is 11.1 Å². The van der Waals surface area contributed by atoms with Crippen LogP contribution in [-0.4, -0.2) is 23.7 Å². The lowest BCUT2D eigenvalue weighted by molar-refractivity contribution is -0.157. The van der Waals surface area contributed by atoms with Crippen molar-refractivity contribution in [1.29, 1.82) is 0 Å². The summed E-state index contributed by atoms with van der Waals surface area (Å²) in [4.78, 5) is 13.4. The highest BCUT2D eigenvalue weighted by molar-refractivity contribution is 9.10. The van der Waals surface area contributed by atoms with Crippen LogP contribution < -0.4 is 11.1 Å². The van der Waals surface area contributed by atoms with E-state index in [4.69, 9.17) is 22.1 Å². The van der Waals surface area contributed by atoms with Crippen LogP contribution in [-0.2, 0) is 15.1 Å². The van der Waals surface area contributed by atoms with Gasteiger partial charge in [-0.2, -0.15) is 0 Å². The van der Waals surface area contributed by atoms with E-state index in [1.165, 1.54) is 12.1 Å². The number of carbonyl (C=O) groups excluding carboxylic acids is 1. The Kier molecular flexibility index (Phi) is 7.55. The predicted molar refractivity (Wildman–Crippen MR) is 135 cm³/mol. The Morgan fingerprint density at radius 3 is 2.38 bits per heavy atom. The van der Waals surface area contributed by atoms with Gasteiger partial charge in [0.25, 0.3) is 0 Å². The average Bonchev–Trinajstić information content (AvgIpc) is 2.94. The molecule has 0 bridgehead atoms. The molecule has 0 spiro atoms. The number of carbonyl (C=O) groups is 1. The molecule has 2 aromatic rings. The Labute approximate surface area is 213 Å². The van der Waals surface area contributed by atoms with Crippen LogP contribution in [0, 0.1) is 17.0 Å². The van der Waals surface area contributed by atoms with Gasteiger partial charge in [-0.1, -0.05) is 50.6 Å². The smallest absolute Gasteiger partial charge is 0.324 e. The number of benzene rings is 2. The third-order valence-corrected chi connectivity index (χ3v) is 6.84. The van der Waals surface area contributed by atoms with Gasteiger partial charge in [-0.15, -0.1) is 0 Å². The fourth-order valence-electron chi connectivity index (χ4n) is 4.75. The van der Waals surface area contributed by atoms with Gasteiger partial charge in [-0.3, -0.25) is 10.1 Å². The Hall–Kier alpha value is -1.54. The molecule has 34 heavy (non-hydrogen) atoms. The Balaban J connectivity index is 2.30. The third kappa shape index (κ3) is 5.48. The molecule has 1 heterocycles. The van der Waals surface area contributed by atoms with Gasteiger partial charge in [0, 0.05) is 22.5 Å². The molecule has 0 aliphatic carbocycles. The summed E-state index contributed by atoms with van der Waals surface area (Å²) in [6.07, 6.45) is 0.497. The quantitative estimate of drug-likeness (QED) is 0.425. The zero-order valence-electron chi connectivity index (χ0n) is 20.3. The minimum absolute atomic E-state index is 0.161. The maximum absolute atomic E-state index is 15.5. The summed E-state index contributed by atoms with van der Waals surface area (Å²) in [5.74, 6) is -2.69. The highest BCUT2D eigenvalue weighted by atomic mass is 79.9. The summed E-state index contributed by atoms with van der Waals surface area (Å²) in [6.45, 7) is 11.4. The first kappa shape index (κ1) is 27.1. The summed E-state index contributed by atoms with van der Waals surface area (Å²) in [6, 6.07) is 7.52. The van der Waals surface area contributed by atoms with Crippen molar-refractivity contribution in [3.63, 3.8) is 0 Å². The van der Waals surface area contributed by atoms with Gasteiger partial charge < -0.3 is 10.5 Å². The largest absolute Gasteiger partial charge is 0.459 e. The molecule has 1 aliphatic rings. The second kappa shape index (κ2) is 9.49. The van der Waals surface area contributed by atoms with Crippen LogP contribution in [0.15, 0.2) is 40.9 Å². The molecular weight excluding hydrogens is 526 g/mol. The number of nitrogens with one attached hydrogen (secondary N) is 1. The molecule has 1 saturated heterocycles. The second-order valence-electron chi connectivity index (χ2n) is 11.2. The van der Waals surface area contributed by atoms with Gasteiger partial charge >= 0.3 is 5.97 Å². The maximum Gasteiger partial charge on any atom is 0.324 e. The van der Waals surface area contributed by atoms with Crippen molar-refractivity contribution in [3.05, 3.63) is 68.7 Å². The number of rotatable bonds is 4. The summed E-state index contributed by atoms with van der Waals surface area (Å²) in [5.41, 5.74) is 5.01. The zero-order chi connectivity index (χ0) is 25.6. The van der Waals surface area contributed by atoms with Gasteiger partial charge in [0.1, 0.15) is 23.3 Å². The fraction of sp³-hybridized carbons (Fsp3) is 0.500. The van der Waals surface area contributed by atoms with Crippen LogP contribution in [0.4, 0.5) is 8.78 Å². The third-order valence-electron chi connectivity index (χ3n) is 6.00. The summed E-state index contributed by atoms with van der Waals surface area (Å²) in [5, 5.41) is 3.53.